The minimum absolute atomic E-state index is 0.168. The summed E-state index contributed by atoms with van der Waals surface area (Å²) in [5.41, 5.74) is 4.80. The number of aromatic nitrogens is 1. The average Bonchev–Trinajstić information content (AvgIpc) is 3.13. The molecule has 2 aliphatic heterocycles. The van der Waals surface area contributed by atoms with Crippen LogP contribution in [-0.4, -0.2) is 68.5 Å². The maximum absolute atomic E-state index is 13.1. The van der Waals surface area contributed by atoms with E-state index in [4.69, 9.17) is 4.74 Å². The number of nitrogens with one attached hydrogen (secondary N) is 1. The van der Waals surface area contributed by atoms with E-state index in [-0.39, 0.29) is 18.4 Å². The van der Waals surface area contributed by atoms with E-state index in [9.17, 15) is 13.2 Å². The number of sulfonamides is 1. The monoisotopic (exact) mass is 534 g/mol. The van der Waals surface area contributed by atoms with Crippen LogP contribution in [0.3, 0.4) is 0 Å². The van der Waals surface area contributed by atoms with Crippen LogP contribution in [0.25, 0.3) is 22.2 Å². The lowest BCUT2D eigenvalue weighted by Crippen LogP contribution is -2.37. The van der Waals surface area contributed by atoms with Crippen LogP contribution in [0.2, 0.25) is 0 Å². The number of benzene rings is 2. The molecule has 3 aliphatic rings. The van der Waals surface area contributed by atoms with Crippen LogP contribution >= 0.6 is 0 Å². The predicted molar refractivity (Wildman–Crippen MR) is 150 cm³/mol. The first-order valence-electron chi connectivity index (χ1n) is 13.5. The van der Waals surface area contributed by atoms with Gasteiger partial charge in [0.25, 0.3) is 5.91 Å². The fourth-order valence-corrected chi connectivity index (χ4v) is 7.14. The van der Waals surface area contributed by atoms with Crippen molar-refractivity contribution in [2.24, 2.45) is 4.99 Å². The van der Waals surface area contributed by atoms with Gasteiger partial charge in [0.15, 0.2) is 0 Å². The summed E-state index contributed by atoms with van der Waals surface area (Å²) < 4.78 is 36.5. The Kier molecular flexibility index (Phi) is 6.74. The van der Waals surface area contributed by atoms with Crippen LogP contribution < -0.4 is 9.46 Å². The molecule has 0 spiro atoms. The number of amides is 1. The summed E-state index contributed by atoms with van der Waals surface area (Å²) in [5.74, 6) is 0.513. The van der Waals surface area contributed by atoms with Crippen molar-refractivity contribution >= 4 is 33.0 Å². The minimum Gasteiger partial charge on any atom is -0.486 e. The zero-order chi connectivity index (χ0) is 26.3. The number of ether oxygens (including phenoxy) is 1. The van der Waals surface area contributed by atoms with E-state index in [1.807, 2.05) is 48.5 Å². The van der Waals surface area contributed by atoms with E-state index in [1.165, 1.54) is 24.8 Å². The molecule has 6 rings (SSSR count). The molecule has 9 heteroatoms. The van der Waals surface area contributed by atoms with Crippen LogP contribution in [0.4, 0.5) is 0 Å². The summed E-state index contributed by atoms with van der Waals surface area (Å²) in [5, 5.41) is 1.13. The fourth-order valence-electron chi connectivity index (χ4n) is 6.09. The Labute approximate surface area is 223 Å². The highest BCUT2D eigenvalue weighted by atomic mass is 32.2. The van der Waals surface area contributed by atoms with Gasteiger partial charge in [-0.2, -0.15) is 0 Å². The van der Waals surface area contributed by atoms with Gasteiger partial charge in [-0.1, -0.05) is 37.5 Å². The second-order valence-corrected chi connectivity index (χ2v) is 12.6. The van der Waals surface area contributed by atoms with Crippen molar-refractivity contribution in [3.63, 3.8) is 0 Å². The van der Waals surface area contributed by atoms with Crippen LogP contribution in [0.5, 0.6) is 5.75 Å². The number of nitrogens with zero attached hydrogens (tertiary/aromatic N) is 3. The second-order valence-electron chi connectivity index (χ2n) is 10.7. The molecule has 0 saturated heterocycles. The standard InChI is InChI=1S/C29H34N4O4S/c1-32-14-13-30-18-22-19-33-25-17-21(29(34)31-38(35,36)16-15-32)11-12-23(25)27(20-7-3-2-4-8-20)28(33)24-9-5-6-10-26(24)37-22/h5-6,9-13,17,20,22H,2-4,7-8,14-16,18-19H2,1H3,(H,31,34)/b30-13-. The summed E-state index contributed by atoms with van der Waals surface area (Å²) in [6, 6.07) is 13.8. The molecule has 1 unspecified atom stereocenters. The van der Waals surface area contributed by atoms with Gasteiger partial charge in [0.05, 0.1) is 24.5 Å². The lowest BCUT2D eigenvalue weighted by atomic mass is 9.81. The van der Waals surface area contributed by atoms with Gasteiger partial charge >= 0.3 is 0 Å². The first kappa shape index (κ1) is 25.1. The van der Waals surface area contributed by atoms with Crippen molar-refractivity contribution in [2.45, 2.75) is 50.7 Å². The Bertz CT molecular complexity index is 1500. The Hall–Kier alpha value is -3.17. The number of hydrogen-bond donors (Lipinski definition) is 1. The molecule has 0 radical (unpaired) electrons. The molecular weight excluding hydrogens is 500 g/mol. The fraction of sp³-hybridized carbons (Fsp3) is 0.448. The molecule has 38 heavy (non-hydrogen) atoms. The van der Waals surface area contributed by atoms with E-state index in [1.54, 1.807) is 6.07 Å². The second kappa shape index (κ2) is 10.2. The maximum Gasteiger partial charge on any atom is 0.264 e. The molecule has 1 fully saturated rings. The molecule has 3 heterocycles. The quantitative estimate of drug-likeness (QED) is 0.505. The molecule has 200 valence electrons. The molecule has 1 aromatic heterocycles. The number of fused-ring (bicyclic) bond motifs is 4. The molecule has 8 nitrogen and oxygen atoms in total. The Morgan fingerprint density at radius 1 is 1.08 bits per heavy atom. The van der Waals surface area contributed by atoms with Crippen LogP contribution in [0.15, 0.2) is 47.5 Å². The molecular formula is C29H34N4O4S. The normalized spacial score (nSPS) is 23.5. The molecule has 4 bridgehead atoms. The topological polar surface area (TPSA) is 93.0 Å². The average molecular weight is 535 g/mol. The first-order chi connectivity index (χ1) is 18.4. The number of carbonyl (C=O) groups is 1. The number of para-hydroxylation sites is 1. The van der Waals surface area contributed by atoms with Gasteiger partial charge in [-0.25, -0.2) is 13.1 Å². The summed E-state index contributed by atoms with van der Waals surface area (Å²) in [6.07, 6.45) is 7.58. The number of aliphatic imine (C=N–C) groups is 1. The van der Waals surface area contributed by atoms with Crippen LogP contribution in [0.1, 0.15) is 53.9 Å². The van der Waals surface area contributed by atoms with E-state index in [0.29, 0.717) is 31.1 Å². The third kappa shape index (κ3) is 4.85. The SMILES string of the molecule is CN1C/C=N\CC2Cn3c(c(C4CCCCC4)c4ccc(cc43)C(=O)NS(=O)(=O)CC1)-c1ccccc1O2. The van der Waals surface area contributed by atoms with E-state index < -0.39 is 15.9 Å². The van der Waals surface area contributed by atoms with Crippen molar-refractivity contribution in [3.05, 3.63) is 53.6 Å². The summed E-state index contributed by atoms with van der Waals surface area (Å²) in [6.45, 7) is 1.87. The van der Waals surface area contributed by atoms with E-state index in [0.717, 1.165) is 40.8 Å². The zero-order valence-corrected chi connectivity index (χ0v) is 22.5. The zero-order valence-electron chi connectivity index (χ0n) is 21.7. The van der Waals surface area contributed by atoms with Crippen molar-refractivity contribution < 1.29 is 17.9 Å². The number of carbonyl (C=O) groups excluding carboxylic acids is 1. The van der Waals surface area contributed by atoms with Crippen molar-refractivity contribution in [1.29, 1.82) is 0 Å². The molecule has 1 amide bonds. The number of rotatable bonds is 1. The summed E-state index contributed by atoms with van der Waals surface area (Å²) in [4.78, 5) is 19.7. The lowest BCUT2D eigenvalue weighted by Gasteiger charge is -2.23. The highest BCUT2D eigenvalue weighted by Crippen LogP contribution is 2.47. The minimum atomic E-state index is -3.78. The van der Waals surface area contributed by atoms with Crippen LogP contribution in [0, 0.1) is 0 Å². The first-order valence-corrected chi connectivity index (χ1v) is 15.2. The Morgan fingerprint density at radius 2 is 1.89 bits per heavy atom. The van der Waals surface area contributed by atoms with Crippen LogP contribution in [-0.2, 0) is 16.6 Å². The highest BCUT2D eigenvalue weighted by molar-refractivity contribution is 7.90. The van der Waals surface area contributed by atoms with Gasteiger partial charge in [0.1, 0.15) is 11.9 Å². The lowest BCUT2D eigenvalue weighted by molar-refractivity contribution is 0.0981. The number of hydrogen-bond acceptors (Lipinski definition) is 6. The molecule has 1 aliphatic carbocycles. The van der Waals surface area contributed by atoms with E-state index in [2.05, 4.69) is 20.3 Å². The van der Waals surface area contributed by atoms with Crippen molar-refractivity contribution in [3.8, 4) is 17.0 Å². The molecule has 1 N–H and O–H groups in total. The smallest absolute Gasteiger partial charge is 0.264 e. The Morgan fingerprint density at radius 3 is 2.74 bits per heavy atom. The largest absolute Gasteiger partial charge is 0.486 e. The maximum atomic E-state index is 13.1. The van der Waals surface area contributed by atoms with Gasteiger partial charge in [-0.05, 0) is 55.6 Å². The molecule has 1 saturated carbocycles. The third-order valence-corrected chi connectivity index (χ3v) is 9.24. The van der Waals surface area contributed by atoms with Gasteiger partial charge in [-0.3, -0.25) is 9.79 Å². The Balaban J connectivity index is 1.57. The molecule has 1 atom stereocenters. The predicted octanol–water partition coefficient (Wildman–Crippen LogP) is 4.19. The van der Waals surface area contributed by atoms with Gasteiger partial charge in [0.2, 0.25) is 10.0 Å². The molecule has 2 aromatic carbocycles. The summed E-state index contributed by atoms with van der Waals surface area (Å²) in [7, 11) is -1.94. The van der Waals surface area contributed by atoms with Gasteiger partial charge in [0, 0.05) is 41.3 Å². The van der Waals surface area contributed by atoms with E-state index >= 15 is 0 Å². The van der Waals surface area contributed by atoms with Crippen molar-refractivity contribution in [1.82, 2.24) is 14.2 Å². The summed E-state index contributed by atoms with van der Waals surface area (Å²) >= 11 is 0. The third-order valence-electron chi connectivity index (χ3n) is 8.02. The highest BCUT2D eigenvalue weighted by Gasteiger charge is 2.32. The molecule has 3 aromatic rings. The van der Waals surface area contributed by atoms with Gasteiger partial charge in [-0.15, -0.1) is 0 Å². The van der Waals surface area contributed by atoms with Crippen molar-refractivity contribution in [2.75, 3.05) is 32.4 Å². The van der Waals surface area contributed by atoms with Gasteiger partial charge < -0.3 is 14.2 Å².